The van der Waals surface area contributed by atoms with E-state index in [1.54, 1.807) is 13.1 Å². The zero-order chi connectivity index (χ0) is 17.7. The molecule has 2 aromatic rings. The molecule has 0 amide bonds. The molecular weight excluding hydrogens is 317 g/mol. The first-order chi connectivity index (χ1) is 11.4. The van der Waals surface area contributed by atoms with Crippen molar-refractivity contribution < 1.29 is 13.2 Å². The number of pyridine rings is 1. The van der Waals surface area contributed by atoms with Crippen molar-refractivity contribution >= 4 is 11.8 Å². The molecule has 24 heavy (non-hydrogen) atoms. The van der Waals surface area contributed by atoms with Gasteiger partial charge in [-0.1, -0.05) is 26.0 Å². The van der Waals surface area contributed by atoms with E-state index in [0.717, 1.165) is 18.4 Å². The topological polar surface area (TPSA) is 53.6 Å². The van der Waals surface area contributed by atoms with Crippen LogP contribution < -0.4 is 5.32 Å². The molecule has 0 saturated carbocycles. The second-order valence-corrected chi connectivity index (χ2v) is 5.42. The highest BCUT2D eigenvalue weighted by Crippen LogP contribution is 2.34. The summed E-state index contributed by atoms with van der Waals surface area (Å²) in [5, 5.41) is 3.27. The number of halogens is 3. The van der Waals surface area contributed by atoms with Crippen molar-refractivity contribution in [1.82, 2.24) is 15.0 Å². The van der Waals surface area contributed by atoms with Gasteiger partial charge in [0.2, 0.25) is 5.82 Å². The van der Waals surface area contributed by atoms with Gasteiger partial charge in [0.1, 0.15) is 11.4 Å². The average molecular weight is 338 g/mol. The summed E-state index contributed by atoms with van der Waals surface area (Å²) in [6.45, 7) is 6.30. The Labute approximate surface area is 139 Å². The lowest BCUT2D eigenvalue weighted by atomic mass is 10.1. The van der Waals surface area contributed by atoms with E-state index in [1.165, 1.54) is 0 Å². The summed E-state index contributed by atoms with van der Waals surface area (Å²) < 4.78 is 38.7. The molecule has 0 aliphatic heterocycles. The minimum atomic E-state index is -4.51. The number of nitrogens with one attached hydrogen (secondary N) is 2. The zero-order valence-electron chi connectivity index (χ0n) is 14.0. The highest BCUT2D eigenvalue weighted by molar-refractivity contribution is 5.81. The van der Waals surface area contributed by atoms with Crippen molar-refractivity contribution in [3.63, 3.8) is 0 Å². The van der Waals surface area contributed by atoms with Crippen LogP contribution in [0.1, 0.15) is 43.8 Å². The third-order valence-corrected chi connectivity index (χ3v) is 3.45. The number of aromatic nitrogens is 3. The number of hydrogen-bond donors (Lipinski definition) is 2. The standard InChI is InChI=1S/C17H21F3N4/c1-4-6-7-12-8-10-22-15(14(12)21-9-5-2)13-11(3)23-16(24-13)17(18,19)20/h6-8,10,21H,4-5,9H2,1-3H3,(H,23,24)/b7-6+. The van der Waals surface area contributed by atoms with Crippen LogP contribution in [0.2, 0.25) is 0 Å². The van der Waals surface area contributed by atoms with Crippen LogP contribution in [-0.2, 0) is 6.18 Å². The maximum absolute atomic E-state index is 12.9. The molecule has 2 aromatic heterocycles. The molecule has 0 spiro atoms. The van der Waals surface area contributed by atoms with E-state index in [9.17, 15) is 13.2 Å². The average Bonchev–Trinajstić information content (AvgIpc) is 2.93. The first-order valence-electron chi connectivity index (χ1n) is 7.92. The maximum Gasteiger partial charge on any atom is 0.449 e. The van der Waals surface area contributed by atoms with Crippen molar-refractivity contribution in [2.75, 3.05) is 11.9 Å². The summed E-state index contributed by atoms with van der Waals surface area (Å²) in [4.78, 5) is 10.3. The molecule has 2 rings (SSSR count). The van der Waals surface area contributed by atoms with E-state index in [-0.39, 0.29) is 5.69 Å². The Morgan fingerprint density at radius 1 is 1.25 bits per heavy atom. The van der Waals surface area contributed by atoms with Crippen molar-refractivity contribution in [3.05, 3.63) is 35.4 Å². The lowest BCUT2D eigenvalue weighted by Crippen LogP contribution is -2.07. The van der Waals surface area contributed by atoms with Gasteiger partial charge < -0.3 is 10.3 Å². The Hall–Kier alpha value is -2.31. The Morgan fingerprint density at radius 3 is 2.58 bits per heavy atom. The van der Waals surface area contributed by atoms with Crippen LogP contribution in [0.3, 0.4) is 0 Å². The molecule has 4 nitrogen and oxygen atoms in total. The van der Waals surface area contributed by atoms with Gasteiger partial charge in [-0.25, -0.2) is 4.98 Å². The highest BCUT2D eigenvalue weighted by Gasteiger charge is 2.35. The normalized spacial score (nSPS) is 12.1. The predicted octanol–water partition coefficient (Wildman–Crippen LogP) is 5.04. The summed E-state index contributed by atoms with van der Waals surface area (Å²) in [5.41, 5.74) is 2.56. The van der Waals surface area contributed by atoms with Gasteiger partial charge in [0.25, 0.3) is 0 Å². The first-order valence-corrected chi connectivity index (χ1v) is 7.92. The third kappa shape index (κ3) is 3.96. The third-order valence-electron chi connectivity index (χ3n) is 3.45. The van der Waals surface area contributed by atoms with Crippen LogP contribution in [-0.4, -0.2) is 21.5 Å². The molecule has 0 aliphatic rings. The Morgan fingerprint density at radius 2 is 2.00 bits per heavy atom. The van der Waals surface area contributed by atoms with Crippen LogP contribution in [0.5, 0.6) is 0 Å². The molecule has 2 N–H and O–H groups in total. The number of aryl methyl sites for hydroxylation is 1. The van der Waals surface area contributed by atoms with Crippen molar-refractivity contribution in [2.24, 2.45) is 0 Å². The first kappa shape index (κ1) is 18.0. The fourth-order valence-electron chi connectivity index (χ4n) is 2.30. The number of imidazole rings is 1. The largest absolute Gasteiger partial charge is 0.449 e. The van der Waals surface area contributed by atoms with E-state index in [0.29, 0.717) is 23.6 Å². The molecule has 0 atom stereocenters. The number of allylic oxidation sites excluding steroid dienone is 1. The summed E-state index contributed by atoms with van der Waals surface area (Å²) in [6, 6.07) is 1.83. The molecule has 0 aromatic carbocycles. The fourth-order valence-corrected chi connectivity index (χ4v) is 2.30. The molecule has 2 heterocycles. The minimum absolute atomic E-state index is 0.215. The molecule has 130 valence electrons. The van der Waals surface area contributed by atoms with Crippen molar-refractivity contribution in [3.8, 4) is 11.4 Å². The SMILES string of the molecule is CC/C=C/c1ccnc(-c2nc(C(F)(F)F)[nH]c2C)c1NCCC. The van der Waals surface area contributed by atoms with Gasteiger partial charge in [-0.05, 0) is 25.8 Å². The molecule has 0 aliphatic carbocycles. The van der Waals surface area contributed by atoms with E-state index in [4.69, 9.17) is 0 Å². The maximum atomic E-state index is 12.9. The number of anilines is 1. The predicted molar refractivity (Wildman–Crippen MR) is 89.7 cm³/mol. The van der Waals surface area contributed by atoms with Gasteiger partial charge in [-0.15, -0.1) is 0 Å². The van der Waals surface area contributed by atoms with Crippen LogP contribution in [0.25, 0.3) is 17.5 Å². The van der Waals surface area contributed by atoms with Crippen LogP contribution in [0.4, 0.5) is 18.9 Å². The van der Waals surface area contributed by atoms with Crippen molar-refractivity contribution in [2.45, 2.75) is 39.8 Å². The van der Waals surface area contributed by atoms with Crippen LogP contribution >= 0.6 is 0 Å². The fraction of sp³-hybridized carbons (Fsp3) is 0.412. The van der Waals surface area contributed by atoms with Gasteiger partial charge >= 0.3 is 6.18 Å². The summed E-state index contributed by atoms with van der Waals surface area (Å²) in [6.07, 6.45) is 2.76. The van der Waals surface area contributed by atoms with Crippen molar-refractivity contribution in [1.29, 1.82) is 0 Å². The lowest BCUT2D eigenvalue weighted by molar-refractivity contribution is -0.144. The summed E-state index contributed by atoms with van der Waals surface area (Å²) in [7, 11) is 0. The highest BCUT2D eigenvalue weighted by atomic mass is 19.4. The smallest absolute Gasteiger partial charge is 0.383 e. The molecular formula is C17H21F3N4. The summed E-state index contributed by atoms with van der Waals surface area (Å²) in [5.74, 6) is -1.01. The summed E-state index contributed by atoms with van der Waals surface area (Å²) >= 11 is 0. The molecule has 0 bridgehead atoms. The Bertz CT molecular complexity index is 717. The van der Waals surface area contributed by atoms with E-state index >= 15 is 0 Å². The molecule has 0 saturated heterocycles. The second kappa shape index (κ2) is 7.51. The number of alkyl halides is 3. The Balaban J connectivity index is 2.57. The van der Waals surface area contributed by atoms with Gasteiger partial charge in [0, 0.05) is 24.0 Å². The van der Waals surface area contributed by atoms with Gasteiger partial charge in [0.15, 0.2) is 0 Å². The zero-order valence-corrected chi connectivity index (χ0v) is 14.0. The number of rotatable bonds is 6. The Kier molecular flexibility index (Phi) is 5.64. The molecule has 0 fully saturated rings. The van der Waals surface area contributed by atoms with Gasteiger partial charge in [-0.2, -0.15) is 13.2 Å². The van der Waals surface area contributed by atoms with Gasteiger partial charge in [0.05, 0.1) is 5.69 Å². The minimum Gasteiger partial charge on any atom is -0.383 e. The lowest BCUT2D eigenvalue weighted by Gasteiger charge is -2.13. The number of aromatic amines is 1. The van der Waals surface area contributed by atoms with E-state index in [1.807, 2.05) is 32.1 Å². The van der Waals surface area contributed by atoms with Gasteiger partial charge in [-0.3, -0.25) is 4.98 Å². The molecule has 0 unspecified atom stereocenters. The molecule has 7 heteroatoms. The second-order valence-electron chi connectivity index (χ2n) is 5.42. The van der Waals surface area contributed by atoms with E-state index in [2.05, 4.69) is 20.3 Å². The molecule has 0 radical (unpaired) electrons. The quantitative estimate of drug-likeness (QED) is 0.775. The monoisotopic (exact) mass is 338 g/mol. The van der Waals surface area contributed by atoms with Crippen LogP contribution in [0.15, 0.2) is 18.3 Å². The number of hydrogen-bond acceptors (Lipinski definition) is 3. The number of H-pyrrole nitrogens is 1. The number of nitrogens with zero attached hydrogens (tertiary/aromatic N) is 2. The van der Waals surface area contributed by atoms with E-state index < -0.39 is 12.0 Å². The van der Waals surface area contributed by atoms with Crippen LogP contribution in [0, 0.1) is 6.92 Å².